The molecule has 2 aromatic carbocycles. The topological polar surface area (TPSA) is 85.8 Å². The molecule has 1 heterocycles. The molecule has 0 spiro atoms. The molecule has 1 saturated heterocycles. The van der Waals surface area contributed by atoms with E-state index in [9.17, 15) is 9.59 Å². The highest BCUT2D eigenvalue weighted by Gasteiger charge is 2.30. The second kappa shape index (κ2) is 9.73. The number of anilines is 1. The summed E-state index contributed by atoms with van der Waals surface area (Å²) in [5.74, 6) is 0.675. The second-order valence-electron chi connectivity index (χ2n) is 6.87. The van der Waals surface area contributed by atoms with Crippen LogP contribution in [0.2, 0.25) is 0 Å². The summed E-state index contributed by atoms with van der Waals surface area (Å²) in [4.78, 5) is 30.2. The number of hydrogen-bond acceptors (Lipinski definition) is 3. The van der Waals surface area contributed by atoms with Gasteiger partial charge in [0.2, 0.25) is 5.91 Å². The highest BCUT2D eigenvalue weighted by molar-refractivity contribution is 5.97. The molecule has 2 aromatic rings. The van der Waals surface area contributed by atoms with Crippen LogP contribution in [0.15, 0.2) is 59.6 Å². The van der Waals surface area contributed by atoms with Crippen molar-refractivity contribution in [1.82, 2.24) is 16.0 Å². The van der Waals surface area contributed by atoms with E-state index in [1.165, 1.54) is 0 Å². The molecule has 1 atom stereocenters. The molecule has 3 rings (SSSR count). The number of hydrogen-bond donors (Lipinski definition) is 3. The maximum atomic E-state index is 12.4. The van der Waals surface area contributed by atoms with E-state index in [4.69, 9.17) is 0 Å². The molecule has 0 radical (unpaired) electrons. The Balaban J connectivity index is 1.52. The molecule has 0 bridgehead atoms. The number of nitrogens with one attached hydrogen (secondary N) is 3. The number of carbonyl (C=O) groups is 2. The zero-order chi connectivity index (χ0) is 20.6. The minimum absolute atomic E-state index is 0.00554. The lowest BCUT2D eigenvalue weighted by molar-refractivity contribution is -0.117. The third-order valence-electron chi connectivity index (χ3n) is 4.77. The van der Waals surface area contributed by atoms with Crippen LogP contribution < -0.4 is 20.9 Å². The summed E-state index contributed by atoms with van der Waals surface area (Å²) in [7, 11) is 1.71. The molecule has 0 aromatic heterocycles. The normalized spacial score (nSPS) is 16.6. The average molecular weight is 393 g/mol. The van der Waals surface area contributed by atoms with Gasteiger partial charge < -0.3 is 20.9 Å². The van der Waals surface area contributed by atoms with Gasteiger partial charge in [-0.05, 0) is 36.8 Å². The Morgan fingerprint density at radius 2 is 1.83 bits per heavy atom. The van der Waals surface area contributed by atoms with Crippen LogP contribution >= 0.6 is 0 Å². The van der Waals surface area contributed by atoms with Crippen LogP contribution in [0.25, 0.3) is 0 Å². The van der Waals surface area contributed by atoms with Crippen LogP contribution in [-0.4, -0.2) is 44.0 Å². The van der Waals surface area contributed by atoms with Gasteiger partial charge in [0, 0.05) is 44.4 Å². The number of para-hydroxylation sites is 1. The second-order valence-corrected chi connectivity index (χ2v) is 6.87. The first-order valence-corrected chi connectivity index (χ1v) is 9.80. The van der Waals surface area contributed by atoms with E-state index in [0.717, 1.165) is 11.3 Å². The Bertz CT molecular complexity index is 865. The Kier molecular flexibility index (Phi) is 6.84. The third kappa shape index (κ3) is 5.34. The molecule has 2 amide bonds. The molecule has 1 aliphatic rings. The van der Waals surface area contributed by atoms with Crippen LogP contribution in [0.3, 0.4) is 0 Å². The molecular weight excluding hydrogens is 366 g/mol. The average Bonchev–Trinajstić information content (AvgIpc) is 3.12. The Labute approximate surface area is 171 Å². The molecule has 3 N–H and O–H groups in total. The molecule has 0 saturated carbocycles. The molecular formula is C22H27N5O2. The van der Waals surface area contributed by atoms with Crippen molar-refractivity contribution in [3.8, 4) is 0 Å². The predicted molar refractivity (Wildman–Crippen MR) is 115 cm³/mol. The molecule has 29 heavy (non-hydrogen) atoms. The summed E-state index contributed by atoms with van der Waals surface area (Å²) in [5.41, 5.74) is 2.59. The molecule has 7 heteroatoms. The van der Waals surface area contributed by atoms with E-state index in [-0.39, 0.29) is 17.9 Å². The van der Waals surface area contributed by atoms with Crippen LogP contribution in [-0.2, 0) is 11.3 Å². The van der Waals surface area contributed by atoms with Gasteiger partial charge >= 0.3 is 0 Å². The van der Waals surface area contributed by atoms with Gasteiger partial charge in [-0.2, -0.15) is 0 Å². The molecule has 0 aliphatic carbocycles. The summed E-state index contributed by atoms with van der Waals surface area (Å²) < 4.78 is 0. The van der Waals surface area contributed by atoms with Crippen LogP contribution in [0, 0.1) is 0 Å². The van der Waals surface area contributed by atoms with Crippen molar-refractivity contribution in [1.29, 1.82) is 0 Å². The van der Waals surface area contributed by atoms with Gasteiger partial charge in [0.1, 0.15) is 0 Å². The number of guanidine groups is 1. The molecule has 7 nitrogen and oxygen atoms in total. The lowest BCUT2D eigenvalue weighted by Gasteiger charge is -2.19. The highest BCUT2D eigenvalue weighted by Crippen LogP contribution is 2.20. The summed E-state index contributed by atoms with van der Waals surface area (Å²) in [6, 6.07) is 17.1. The standard InChI is InChI=1S/C22H27N5O2/c1-3-24-21(29)17-11-9-16(10-12-17)14-25-22(23-2)26-18-13-20(28)27(15-18)19-7-5-4-6-8-19/h4-12,18H,3,13-15H2,1-2H3,(H,24,29)(H2,23,25,26). The van der Waals surface area contributed by atoms with Crippen LogP contribution in [0.5, 0.6) is 0 Å². The summed E-state index contributed by atoms with van der Waals surface area (Å²) in [6.45, 7) is 3.67. The number of carbonyl (C=O) groups excluding carboxylic acids is 2. The number of aliphatic imine (C=N–C) groups is 1. The fourth-order valence-electron chi connectivity index (χ4n) is 3.27. The summed E-state index contributed by atoms with van der Waals surface area (Å²) in [5, 5.41) is 9.37. The van der Waals surface area contributed by atoms with Gasteiger partial charge in [-0.3, -0.25) is 14.6 Å². The fourth-order valence-corrected chi connectivity index (χ4v) is 3.27. The predicted octanol–water partition coefficient (Wildman–Crippen LogP) is 1.91. The first-order chi connectivity index (χ1) is 14.1. The number of rotatable bonds is 6. The molecule has 1 unspecified atom stereocenters. The first-order valence-electron chi connectivity index (χ1n) is 9.80. The first kappa shape index (κ1) is 20.4. The van der Waals surface area contributed by atoms with Crippen molar-refractivity contribution in [2.45, 2.75) is 25.9 Å². The summed E-state index contributed by atoms with van der Waals surface area (Å²) >= 11 is 0. The van der Waals surface area contributed by atoms with Crippen molar-refractivity contribution in [2.75, 3.05) is 25.0 Å². The van der Waals surface area contributed by atoms with Gasteiger partial charge in [-0.15, -0.1) is 0 Å². The van der Waals surface area contributed by atoms with E-state index in [2.05, 4.69) is 20.9 Å². The van der Waals surface area contributed by atoms with Crippen molar-refractivity contribution < 1.29 is 9.59 Å². The molecule has 1 fully saturated rings. The van der Waals surface area contributed by atoms with E-state index >= 15 is 0 Å². The number of benzene rings is 2. The van der Waals surface area contributed by atoms with E-state index in [0.29, 0.717) is 37.6 Å². The molecule has 1 aliphatic heterocycles. The largest absolute Gasteiger partial charge is 0.352 e. The van der Waals surface area contributed by atoms with Crippen molar-refractivity contribution in [3.05, 3.63) is 65.7 Å². The van der Waals surface area contributed by atoms with Gasteiger partial charge in [0.05, 0.1) is 6.04 Å². The zero-order valence-electron chi connectivity index (χ0n) is 16.8. The third-order valence-corrected chi connectivity index (χ3v) is 4.77. The Morgan fingerprint density at radius 3 is 2.48 bits per heavy atom. The van der Waals surface area contributed by atoms with Gasteiger partial charge in [-0.25, -0.2) is 0 Å². The number of nitrogens with zero attached hydrogens (tertiary/aromatic N) is 2. The Hall–Kier alpha value is -3.35. The van der Waals surface area contributed by atoms with Gasteiger partial charge in [0.25, 0.3) is 5.91 Å². The minimum Gasteiger partial charge on any atom is -0.352 e. The van der Waals surface area contributed by atoms with E-state index < -0.39 is 0 Å². The minimum atomic E-state index is -0.0710. The van der Waals surface area contributed by atoms with E-state index in [1.54, 1.807) is 11.9 Å². The Morgan fingerprint density at radius 1 is 1.10 bits per heavy atom. The van der Waals surface area contributed by atoms with Gasteiger partial charge in [-0.1, -0.05) is 30.3 Å². The number of amides is 2. The smallest absolute Gasteiger partial charge is 0.251 e. The maximum Gasteiger partial charge on any atom is 0.251 e. The van der Waals surface area contributed by atoms with Crippen LogP contribution in [0.1, 0.15) is 29.3 Å². The zero-order valence-corrected chi connectivity index (χ0v) is 16.8. The quantitative estimate of drug-likeness (QED) is 0.517. The van der Waals surface area contributed by atoms with Gasteiger partial charge in [0.15, 0.2) is 5.96 Å². The molecule has 152 valence electrons. The lowest BCUT2D eigenvalue weighted by atomic mass is 10.1. The van der Waals surface area contributed by atoms with Crippen LogP contribution in [0.4, 0.5) is 5.69 Å². The summed E-state index contributed by atoms with van der Waals surface area (Å²) in [6.07, 6.45) is 0.427. The monoisotopic (exact) mass is 393 g/mol. The lowest BCUT2D eigenvalue weighted by Crippen LogP contribution is -2.44. The van der Waals surface area contributed by atoms with Crippen molar-refractivity contribution in [3.63, 3.8) is 0 Å². The van der Waals surface area contributed by atoms with Crippen molar-refractivity contribution >= 4 is 23.5 Å². The maximum absolute atomic E-state index is 12.4. The van der Waals surface area contributed by atoms with E-state index in [1.807, 2.05) is 61.5 Å². The fraction of sp³-hybridized carbons (Fsp3) is 0.318. The van der Waals surface area contributed by atoms with Crippen molar-refractivity contribution in [2.24, 2.45) is 4.99 Å². The highest BCUT2D eigenvalue weighted by atomic mass is 16.2. The SMILES string of the molecule is CCNC(=O)c1ccc(CNC(=NC)NC2CC(=O)N(c3ccccc3)C2)cc1.